The average molecular weight is 372 g/mol. The molecule has 0 aromatic rings. The molecule has 0 unspecified atom stereocenters. The molecule has 14 heteroatoms. The molecule has 0 aromatic heterocycles. The molecule has 0 saturated heterocycles. The molecule has 0 atom stereocenters. The fraction of sp³-hybridized carbons (Fsp3) is 0.556. The van der Waals surface area contributed by atoms with E-state index in [-0.39, 0.29) is 0 Å². The number of alkyl halides is 10. The van der Waals surface area contributed by atoms with Crippen molar-refractivity contribution >= 4 is 0 Å². The molecule has 0 aliphatic rings. The highest BCUT2D eigenvalue weighted by Crippen LogP contribution is 2.51. The fourth-order valence-corrected chi connectivity index (χ4v) is 0.730. The molecular formula is C9H4F12O2. The Morgan fingerprint density at radius 1 is 0.565 bits per heavy atom. The SMILES string of the molecule is C=C(F)C(F)(F)OC(F)(F)C(F)(F)C(F)(F)OC(F)(F)C(=C)F. The lowest BCUT2D eigenvalue weighted by Gasteiger charge is -2.34. The van der Waals surface area contributed by atoms with Gasteiger partial charge in [-0.2, -0.15) is 43.9 Å². The van der Waals surface area contributed by atoms with Crippen LogP contribution in [0.15, 0.2) is 24.8 Å². The molecule has 0 bridgehead atoms. The van der Waals surface area contributed by atoms with Crippen molar-refractivity contribution in [1.29, 1.82) is 0 Å². The van der Waals surface area contributed by atoms with Gasteiger partial charge in [0.1, 0.15) is 0 Å². The van der Waals surface area contributed by atoms with Gasteiger partial charge in [0, 0.05) is 0 Å². The van der Waals surface area contributed by atoms with Crippen molar-refractivity contribution in [2.24, 2.45) is 0 Å². The monoisotopic (exact) mass is 372 g/mol. The Balaban J connectivity index is 5.66. The molecular weight excluding hydrogens is 368 g/mol. The van der Waals surface area contributed by atoms with Crippen LogP contribution >= 0.6 is 0 Å². The summed E-state index contributed by atoms with van der Waals surface area (Å²) in [5, 5.41) is 0. The van der Waals surface area contributed by atoms with Gasteiger partial charge in [0.15, 0.2) is 11.7 Å². The minimum Gasteiger partial charge on any atom is -0.244 e. The van der Waals surface area contributed by atoms with Gasteiger partial charge in [0.05, 0.1) is 0 Å². The quantitative estimate of drug-likeness (QED) is 0.559. The number of rotatable bonds is 8. The van der Waals surface area contributed by atoms with Gasteiger partial charge in [-0.25, -0.2) is 18.3 Å². The zero-order chi connectivity index (χ0) is 19.1. The van der Waals surface area contributed by atoms with Gasteiger partial charge in [-0.1, -0.05) is 13.2 Å². The van der Waals surface area contributed by atoms with Crippen molar-refractivity contribution in [3.05, 3.63) is 24.8 Å². The maximum absolute atomic E-state index is 12.8. The molecule has 0 spiro atoms. The lowest BCUT2D eigenvalue weighted by atomic mass is 10.3. The summed E-state index contributed by atoms with van der Waals surface area (Å²) >= 11 is 0. The van der Waals surface area contributed by atoms with Crippen LogP contribution in [-0.2, 0) is 9.47 Å². The Hall–Kier alpha value is -1.44. The van der Waals surface area contributed by atoms with Crippen molar-refractivity contribution in [1.82, 2.24) is 0 Å². The normalized spacial score (nSPS) is 14.8. The predicted molar refractivity (Wildman–Crippen MR) is 47.4 cm³/mol. The van der Waals surface area contributed by atoms with Gasteiger partial charge in [-0.15, -0.1) is 0 Å². The summed E-state index contributed by atoms with van der Waals surface area (Å²) in [6.07, 6.45) is -25.6. The van der Waals surface area contributed by atoms with Gasteiger partial charge in [0.2, 0.25) is 0 Å². The summed E-state index contributed by atoms with van der Waals surface area (Å²) in [5.74, 6) is -13.4. The van der Waals surface area contributed by atoms with Crippen LogP contribution in [-0.4, -0.2) is 30.4 Å². The molecule has 0 N–H and O–H groups in total. The third kappa shape index (κ3) is 4.31. The molecule has 0 aliphatic heterocycles. The largest absolute Gasteiger partial charge is 0.433 e. The van der Waals surface area contributed by atoms with Crippen LogP contribution in [0.2, 0.25) is 0 Å². The summed E-state index contributed by atoms with van der Waals surface area (Å²) in [6, 6.07) is 0. The van der Waals surface area contributed by atoms with Crippen LogP contribution in [0, 0.1) is 0 Å². The third-order valence-electron chi connectivity index (χ3n) is 1.88. The molecule has 0 aromatic carbocycles. The summed E-state index contributed by atoms with van der Waals surface area (Å²) in [5.41, 5.74) is 0. The number of ether oxygens (including phenoxy) is 2. The molecule has 0 saturated carbocycles. The molecule has 0 heterocycles. The zero-order valence-electron chi connectivity index (χ0n) is 10.3. The predicted octanol–water partition coefficient (Wildman–Crippen LogP) is 4.99. The van der Waals surface area contributed by atoms with E-state index in [1.165, 1.54) is 0 Å². The van der Waals surface area contributed by atoms with Crippen molar-refractivity contribution < 1.29 is 62.2 Å². The molecule has 0 aliphatic carbocycles. The summed E-state index contributed by atoms with van der Waals surface area (Å²) < 4.78 is 154. The summed E-state index contributed by atoms with van der Waals surface area (Å²) in [4.78, 5) is 0. The fourth-order valence-electron chi connectivity index (χ4n) is 0.730. The van der Waals surface area contributed by atoms with Crippen LogP contribution < -0.4 is 0 Å². The molecule has 2 nitrogen and oxygen atoms in total. The second-order valence-corrected chi connectivity index (χ2v) is 3.66. The Bertz CT molecular complexity index is 441. The molecule has 136 valence electrons. The first-order valence-electron chi connectivity index (χ1n) is 4.79. The molecule has 0 radical (unpaired) electrons. The summed E-state index contributed by atoms with van der Waals surface area (Å²) in [6.45, 7) is 3.44. The van der Waals surface area contributed by atoms with Crippen molar-refractivity contribution in [3.8, 4) is 0 Å². The van der Waals surface area contributed by atoms with Crippen molar-refractivity contribution in [2.75, 3.05) is 0 Å². The van der Waals surface area contributed by atoms with Crippen molar-refractivity contribution in [2.45, 2.75) is 30.4 Å². The number of halogens is 12. The Morgan fingerprint density at radius 2 is 0.783 bits per heavy atom. The standard InChI is InChI=1S/C9H4F12O2/c1-3(10)5(12,13)22-8(18,19)7(16,17)9(20,21)23-6(14,15)4(2)11/h1-2H2. The maximum atomic E-state index is 12.8. The molecule has 0 amide bonds. The average Bonchev–Trinajstić information content (AvgIpc) is 2.24. The second-order valence-electron chi connectivity index (χ2n) is 3.66. The van der Waals surface area contributed by atoms with E-state index in [9.17, 15) is 52.7 Å². The van der Waals surface area contributed by atoms with Gasteiger partial charge in [-0.05, 0) is 0 Å². The van der Waals surface area contributed by atoms with E-state index in [0.29, 0.717) is 0 Å². The molecule has 0 fully saturated rings. The van der Waals surface area contributed by atoms with Crippen LogP contribution in [0.3, 0.4) is 0 Å². The van der Waals surface area contributed by atoms with Gasteiger partial charge in [0.25, 0.3) is 0 Å². The third-order valence-corrected chi connectivity index (χ3v) is 1.88. The van der Waals surface area contributed by atoms with Gasteiger partial charge >= 0.3 is 30.4 Å². The van der Waals surface area contributed by atoms with Crippen LogP contribution in [0.4, 0.5) is 52.7 Å². The zero-order valence-corrected chi connectivity index (χ0v) is 10.3. The molecule has 0 rings (SSSR count). The first-order chi connectivity index (χ1) is 9.80. The smallest absolute Gasteiger partial charge is 0.244 e. The van der Waals surface area contributed by atoms with Crippen LogP contribution in [0.5, 0.6) is 0 Å². The second kappa shape index (κ2) is 5.89. The first-order valence-corrected chi connectivity index (χ1v) is 4.79. The van der Waals surface area contributed by atoms with E-state index in [0.717, 1.165) is 0 Å². The highest BCUT2D eigenvalue weighted by atomic mass is 19.4. The van der Waals surface area contributed by atoms with E-state index in [4.69, 9.17) is 0 Å². The number of hydrogen-bond acceptors (Lipinski definition) is 2. The van der Waals surface area contributed by atoms with E-state index >= 15 is 0 Å². The Labute approximate surface area is 118 Å². The van der Waals surface area contributed by atoms with E-state index in [2.05, 4.69) is 0 Å². The maximum Gasteiger partial charge on any atom is 0.433 e. The van der Waals surface area contributed by atoms with Crippen molar-refractivity contribution in [3.63, 3.8) is 0 Å². The first kappa shape index (κ1) is 21.6. The van der Waals surface area contributed by atoms with Crippen LogP contribution in [0.1, 0.15) is 0 Å². The number of hydrogen-bond donors (Lipinski definition) is 0. The van der Waals surface area contributed by atoms with E-state index in [1.54, 1.807) is 13.2 Å². The van der Waals surface area contributed by atoms with E-state index < -0.39 is 42.0 Å². The van der Waals surface area contributed by atoms with Gasteiger partial charge < -0.3 is 0 Å². The minimum atomic E-state index is -7.21. The van der Waals surface area contributed by atoms with Crippen LogP contribution in [0.25, 0.3) is 0 Å². The van der Waals surface area contributed by atoms with Gasteiger partial charge in [-0.3, -0.25) is 0 Å². The molecule has 23 heavy (non-hydrogen) atoms. The lowest BCUT2D eigenvalue weighted by molar-refractivity contribution is -0.505. The Morgan fingerprint density at radius 3 is 0.957 bits per heavy atom. The highest BCUT2D eigenvalue weighted by Gasteiger charge is 2.78. The highest BCUT2D eigenvalue weighted by molar-refractivity contribution is 4.97. The Kier molecular flexibility index (Phi) is 5.52. The minimum absolute atomic E-state index is 1.72. The van der Waals surface area contributed by atoms with E-state index in [1.807, 2.05) is 9.47 Å². The summed E-state index contributed by atoms with van der Waals surface area (Å²) in [7, 11) is 0. The lowest BCUT2D eigenvalue weighted by Crippen LogP contribution is -2.60. The topological polar surface area (TPSA) is 18.5 Å².